The molecule has 0 atom stereocenters. The Balaban J connectivity index is 1.83. The first-order valence-electron chi connectivity index (χ1n) is 9.92. The van der Waals surface area contributed by atoms with Crippen LogP contribution in [0.25, 0.3) is 0 Å². The van der Waals surface area contributed by atoms with Crippen molar-refractivity contribution in [3.63, 3.8) is 0 Å². The largest absolute Gasteiger partial charge is 0.469 e. The number of amides is 1. The second-order valence-corrected chi connectivity index (χ2v) is 7.87. The monoisotopic (exact) mass is 428 g/mol. The molecule has 1 aliphatic rings. The third-order valence-electron chi connectivity index (χ3n) is 5.31. The molecule has 28 heavy (non-hydrogen) atoms. The number of halogens is 2. The van der Waals surface area contributed by atoms with Crippen LogP contribution >= 0.6 is 23.2 Å². The van der Waals surface area contributed by atoms with E-state index in [0.29, 0.717) is 29.7 Å². The van der Waals surface area contributed by atoms with Crippen LogP contribution in [0, 0.1) is 5.92 Å². The number of hydrogen-bond donors (Lipinski definition) is 0. The number of ether oxygens (including phenoxy) is 1. The molecule has 1 fully saturated rings. The van der Waals surface area contributed by atoms with E-state index in [2.05, 4.69) is 9.64 Å². The van der Waals surface area contributed by atoms with Crippen LogP contribution in [0.2, 0.25) is 0 Å². The first-order valence-corrected chi connectivity index (χ1v) is 11.0. The predicted octanol–water partition coefficient (Wildman–Crippen LogP) is 4.17. The highest BCUT2D eigenvalue weighted by molar-refractivity contribution is 6.18. The Morgan fingerprint density at radius 2 is 1.71 bits per heavy atom. The first-order chi connectivity index (χ1) is 13.6. The van der Waals surface area contributed by atoms with E-state index in [-0.39, 0.29) is 11.9 Å². The third-order valence-corrected chi connectivity index (χ3v) is 5.65. The van der Waals surface area contributed by atoms with Crippen molar-refractivity contribution >= 4 is 40.8 Å². The lowest BCUT2D eigenvalue weighted by Crippen LogP contribution is -2.38. The summed E-state index contributed by atoms with van der Waals surface area (Å²) in [6, 6.07) is 7.70. The fourth-order valence-corrected chi connectivity index (χ4v) is 4.04. The average Bonchev–Trinajstić information content (AvgIpc) is 2.73. The quantitative estimate of drug-likeness (QED) is 0.414. The summed E-state index contributed by atoms with van der Waals surface area (Å²) in [4.78, 5) is 28.0. The van der Waals surface area contributed by atoms with Gasteiger partial charge >= 0.3 is 5.97 Å². The number of alkyl halides is 2. The maximum atomic E-state index is 12.8. The summed E-state index contributed by atoms with van der Waals surface area (Å²) >= 11 is 11.7. The molecule has 0 aliphatic carbocycles. The van der Waals surface area contributed by atoms with Gasteiger partial charge in [0.2, 0.25) is 0 Å². The second-order valence-electron chi connectivity index (χ2n) is 7.12. The molecule has 0 radical (unpaired) electrons. The zero-order valence-electron chi connectivity index (χ0n) is 16.5. The molecule has 1 amide bonds. The molecule has 2 rings (SSSR count). The molecule has 0 spiro atoms. The minimum atomic E-state index is -0.147. The van der Waals surface area contributed by atoms with Crippen LogP contribution < -0.4 is 4.90 Å². The number of benzene rings is 1. The normalized spacial score (nSPS) is 14.8. The van der Waals surface area contributed by atoms with Crippen LogP contribution in [0.15, 0.2) is 24.3 Å². The minimum Gasteiger partial charge on any atom is -0.469 e. The molecule has 7 heteroatoms. The van der Waals surface area contributed by atoms with E-state index in [9.17, 15) is 9.59 Å². The number of esters is 1. The number of methoxy groups -OCH3 is 1. The molecule has 1 aromatic carbocycles. The molecular weight excluding hydrogens is 399 g/mol. The standard InChI is InChI=1S/C21H30Cl2N2O3/c1-28-20(26)4-2-3-17-9-13-25(14-10-17)21(27)18-5-7-19(8-6-18)24(15-11-22)16-12-23/h5-8,17H,2-4,9-16H2,1H3. The van der Waals surface area contributed by atoms with Crippen molar-refractivity contribution in [2.24, 2.45) is 5.92 Å². The highest BCUT2D eigenvalue weighted by Gasteiger charge is 2.23. The summed E-state index contributed by atoms with van der Waals surface area (Å²) in [6.45, 7) is 3.00. The molecule has 0 aromatic heterocycles. The Morgan fingerprint density at radius 3 is 2.25 bits per heavy atom. The molecule has 5 nitrogen and oxygen atoms in total. The Labute approximate surface area is 177 Å². The van der Waals surface area contributed by atoms with Gasteiger partial charge in [-0.25, -0.2) is 0 Å². The van der Waals surface area contributed by atoms with Crippen molar-refractivity contribution in [1.29, 1.82) is 0 Å². The van der Waals surface area contributed by atoms with E-state index in [1.807, 2.05) is 29.2 Å². The second kappa shape index (κ2) is 12.2. The lowest BCUT2D eigenvalue weighted by Gasteiger charge is -2.32. The third kappa shape index (κ3) is 6.85. The number of hydrogen-bond acceptors (Lipinski definition) is 4. The molecule has 156 valence electrons. The summed E-state index contributed by atoms with van der Waals surface area (Å²) in [5.41, 5.74) is 1.74. The van der Waals surface area contributed by atoms with Crippen molar-refractivity contribution in [3.05, 3.63) is 29.8 Å². The lowest BCUT2D eigenvalue weighted by atomic mass is 9.91. The maximum Gasteiger partial charge on any atom is 0.305 e. The van der Waals surface area contributed by atoms with E-state index in [0.717, 1.165) is 57.5 Å². The van der Waals surface area contributed by atoms with Crippen molar-refractivity contribution < 1.29 is 14.3 Å². The molecule has 1 aromatic rings. The van der Waals surface area contributed by atoms with Gasteiger partial charge in [-0.05, 0) is 55.9 Å². The van der Waals surface area contributed by atoms with Gasteiger partial charge in [0.1, 0.15) is 0 Å². The Morgan fingerprint density at radius 1 is 1.11 bits per heavy atom. The van der Waals surface area contributed by atoms with E-state index in [1.165, 1.54) is 7.11 Å². The van der Waals surface area contributed by atoms with Crippen LogP contribution in [-0.4, -0.2) is 61.8 Å². The van der Waals surface area contributed by atoms with Gasteiger partial charge in [-0.3, -0.25) is 9.59 Å². The van der Waals surface area contributed by atoms with E-state index in [1.54, 1.807) is 0 Å². The van der Waals surface area contributed by atoms with Gasteiger partial charge in [0.25, 0.3) is 5.91 Å². The molecule has 0 unspecified atom stereocenters. The highest BCUT2D eigenvalue weighted by atomic mass is 35.5. The zero-order chi connectivity index (χ0) is 20.4. The van der Waals surface area contributed by atoms with Crippen LogP contribution in [0.5, 0.6) is 0 Å². The van der Waals surface area contributed by atoms with Crippen LogP contribution in [-0.2, 0) is 9.53 Å². The molecule has 1 heterocycles. The van der Waals surface area contributed by atoms with Crippen LogP contribution in [0.1, 0.15) is 42.5 Å². The van der Waals surface area contributed by atoms with Crippen LogP contribution in [0.3, 0.4) is 0 Å². The Bertz CT molecular complexity index is 611. The number of nitrogens with zero attached hydrogens (tertiary/aromatic N) is 2. The van der Waals surface area contributed by atoms with Crippen molar-refractivity contribution in [1.82, 2.24) is 4.90 Å². The van der Waals surface area contributed by atoms with E-state index < -0.39 is 0 Å². The van der Waals surface area contributed by atoms with Gasteiger partial charge in [0.05, 0.1) is 7.11 Å². The maximum absolute atomic E-state index is 12.8. The Kier molecular flexibility index (Phi) is 9.93. The van der Waals surface area contributed by atoms with Crippen molar-refractivity contribution in [2.45, 2.75) is 32.1 Å². The summed E-state index contributed by atoms with van der Waals surface area (Å²) in [5.74, 6) is 1.58. The van der Waals surface area contributed by atoms with Gasteiger partial charge < -0.3 is 14.5 Å². The van der Waals surface area contributed by atoms with E-state index >= 15 is 0 Å². The molecular formula is C21H30Cl2N2O3. The fraction of sp³-hybridized carbons (Fsp3) is 0.619. The zero-order valence-corrected chi connectivity index (χ0v) is 18.1. The number of carbonyl (C=O) groups excluding carboxylic acids is 2. The van der Waals surface area contributed by atoms with Crippen molar-refractivity contribution in [3.8, 4) is 0 Å². The molecule has 1 saturated heterocycles. The number of anilines is 1. The van der Waals surface area contributed by atoms with Gasteiger partial charge in [-0.2, -0.15) is 0 Å². The summed E-state index contributed by atoms with van der Waals surface area (Å²) in [6.07, 6.45) is 4.33. The van der Waals surface area contributed by atoms with Crippen molar-refractivity contribution in [2.75, 3.05) is 49.9 Å². The average molecular weight is 429 g/mol. The number of carbonyl (C=O) groups is 2. The number of likely N-dealkylation sites (tertiary alicyclic amines) is 1. The van der Waals surface area contributed by atoms with Gasteiger partial charge in [0.15, 0.2) is 0 Å². The number of rotatable bonds is 10. The Hall–Kier alpha value is -1.46. The van der Waals surface area contributed by atoms with Crippen LogP contribution in [0.4, 0.5) is 5.69 Å². The highest BCUT2D eigenvalue weighted by Crippen LogP contribution is 2.24. The van der Waals surface area contributed by atoms with Gasteiger partial charge in [0, 0.05) is 55.6 Å². The molecule has 0 N–H and O–H groups in total. The SMILES string of the molecule is COC(=O)CCCC1CCN(C(=O)c2ccc(N(CCCl)CCCl)cc2)CC1. The van der Waals surface area contributed by atoms with Gasteiger partial charge in [-0.15, -0.1) is 23.2 Å². The smallest absolute Gasteiger partial charge is 0.305 e. The topological polar surface area (TPSA) is 49.9 Å². The first kappa shape index (κ1) is 22.8. The molecule has 0 saturated carbocycles. The van der Waals surface area contributed by atoms with Gasteiger partial charge in [-0.1, -0.05) is 0 Å². The fourth-order valence-electron chi connectivity index (χ4n) is 3.63. The number of piperidine rings is 1. The minimum absolute atomic E-state index is 0.0841. The van der Waals surface area contributed by atoms with E-state index in [4.69, 9.17) is 23.2 Å². The summed E-state index contributed by atoms with van der Waals surface area (Å²) in [7, 11) is 1.42. The summed E-state index contributed by atoms with van der Waals surface area (Å²) in [5, 5.41) is 0. The predicted molar refractivity (Wildman–Crippen MR) is 115 cm³/mol. The molecule has 0 bridgehead atoms. The lowest BCUT2D eigenvalue weighted by molar-refractivity contribution is -0.140. The molecule has 1 aliphatic heterocycles. The summed E-state index contributed by atoms with van der Waals surface area (Å²) < 4.78 is 4.68.